The highest BCUT2D eigenvalue weighted by Gasteiger charge is 2.49. The van der Waals surface area contributed by atoms with E-state index in [1.165, 1.54) is 0 Å². The number of hydrogen-bond donors (Lipinski definition) is 4. The molecule has 2 atom stereocenters. The van der Waals surface area contributed by atoms with E-state index in [1.807, 2.05) is 0 Å². The lowest BCUT2D eigenvalue weighted by atomic mass is 10.4. The molecule has 0 aliphatic carbocycles. The van der Waals surface area contributed by atoms with Gasteiger partial charge in [-0.2, -0.15) is 0 Å². The Labute approximate surface area is 86.8 Å². The smallest absolute Gasteiger partial charge is 0.308 e. The number of epoxide rings is 1. The van der Waals surface area contributed by atoms with Gasteiger partial charge in [0.2, 0.25) is 0 Å². The number of rotatable bonds is 8. The SMILES string of the molecule is OCC(O)COC1(OCC(O)CO)CO1. The van der Waals surface area contributed by atoms with Gasteiger partial charge < -0.3 is 34.6 Å². The van der Waals surface area contributed by atoms with Crippen LogP contribution in [0.15, 0.2) is 0 Å². The van der Waals surface area contributed by atoms with Crippen molar-refractivity contribution >= 4 is 0 Å². The third-order valence-corrected chi connectivity index (χ3v) is 1.79. The van der Waals surface area contributed by atoms with Crippen LogP contribution in [-0.2, 0) is 14.2 Å². The Bertz CT molecular complexity index is 166. The van der Waals surface area contributed by atoms with E-state index >= 15 is 0 Å². The number of aliphatic hydroxyl groups excluding tert-OH is 4. The van der Waals surface area contributed by atoms with Crippen LogP contribution < -0.4 is 0 Å². The summed E-state index contributed by atoms with van der Waals surface area (Å²) in [4.78, 5) is 0. The van der Waals surface area contributed by atoms with Crippen LogP contribution in [-0.4, -0.2) is 71.6 Å². The summed E-state index contributed by atoms with van der Waals surface area (Å²) in [5.74, 6) is -1.23. The molecule has 1 aliphatic heterocycles. The standard InChI is InChI=1S/C8H16O7/c9-1-6(11)3-13-8(5-15-8)14-4-7(12)2-10/h6-7,9-12H,1-5H2. The summed E-state index contributed by atoms with van der Waals surface area (Å²) < 4.78 is 14.9. The quantitative estimate of drug-likeness (QED) is 0.264. The highest BCUT2D eigenvalue weighted by atomic mass is 16.9. The zero-order chi connectivity index (χ0) is 11.3. The van der Waals surface area contributed by atoms with Crippen LogP contribution >= 0.6 is 0 Å². The molecule has 0 amide bonds. The van der Waals surface area contributed by atoms with Crippen molar-refractivity contribution in [1.29, 1.82) is 0 Å². The van der Waals surface area contributed by atoms with Gasteiger partial charge in [0.25, 0.3) is 0 Å². The lowest BCUT2D eigenvalue weighted by molar-refractivity contribution is -0.246. The second kappa shape index (κ2) is 5.71. The third kappa shape index (κ3) is 4.39. The molecule has 1 saturated heterocycles. The van der Waals surface area contributed by atoms with Crippen LogP contribution in [0.25, 0.3) is 0 Å². The molecular weight excluding hydrogens is 208 g/mol. The summed E-state index contributed by atoms with van der Waals surface area (Å²) >= 11 is 0. The van der Waals surface area contributed by atoms with Crippen molar-refractivity contribution in [1.82, 2.24) is 0 Å². The van der Waals surface area contributed by atoms with Crippen molar-refractivity contribution in [3.05, 3.63) is 0 Å². The first-order chi connectivity index (χ1) is 7.12. The minimum absolute atomic E-state index is 0.119. The topological polar surface area (TPSA) is 112 Å². The van der Waals surface area contributed by atoms with E-state index in [1.54, 1.807) is 0 Å². The predicted octanol–water partition coefficient (Wildman–Crippen LogP) is -2.59. The predicted molar refractivity (Wildman–Crippen MR) is 46.8 cm³/mol. The minimum atomic E-state index is -1.23. The van der Waals surface area contributed by atoms with E-state index in [-0.39, 0.29) is 19.8 Å². The zero-order valence-corrected chi connectivity index (χ0v) is 8.20. The molecule has 0 aromatic heterocycles. The van der Waals surface area contributed by atoms with Crippen LogP contribution in [0.1, 0.15) is 0 Å². The molecule has 90 valence electrons. The molecule has 1 aliphatic rings. The average molecular weight is 224 g/mol. The van der Waals surface area contributed by atoms with Gasteiger partial charge in [0.1, 0.15) is 18.8 Å². The molecule has 4 N–H and O–H groups in total. The van der Waals surface area contributed by atoms with Gasteiger partial charge in [0, 0.05) is 0 Å². The maximum absolute atomic E-state index is 9.00. The first kappa shape index (κ1) is 12.8. The lowest BCUT2D eigenvalue weighted by Gasteiger charge is -2.17. The van der Waals surface area contributed by atoms with Crippen LogP contribution in [0, 0.1) is 0 Å². The molecule has 1 heterocycles. The molecule has 0 aromatic carbocycles. The van der Waals surface area contributed by atoms with Gasteiger partial charge in [0.15, 0.2) is 0 Å². The first-order valence-corrected chi connectivity index (χ1v) is 4.61. The van der Waals surface area contributed by atoms with Crippen LogP contribution in [0.4, 0.5) is 0 Å². The van der Waals surface area contributed by atoms with Crippen molar-refractivity contribution in [3.8, 4) is 0 Å². The summed E-state index contributed by atoms with van der Waals surface area (Å²) in [7, 11) is 0. The van der Waals surface area contributed by atoms with E-state index in [0.717, 1.165) is 0 Å². The van der Waals surface area contributed by atoms with E-state index in [0.29, 0.717) is 0 Å². The third-order valence-electron chi connectivity index (χ3n) is 1.79. The number of hydrogen-bond acceptors (Lipinski definition) is 7. The van der Waals surface area contributed by atoms with Gasteiger partial charge in [-0.15, -0.1) is 0 Å². The summed E-state index contributed by atoms with van der Waals surface area (Å²) in [6.07, 6.45) is -1.98. The molecule has 1 rings (SSSR count). The zero-order valence-electron chi connectivity index (χ0n) is 8.20. The fraction of sp³-hybridized carbons (Fsp3) is 1.00. The average Bonchev–Trinajstić information content (AvgIpc) is 3.03. The van der Waals surface area contributed by atoms with Crippen molar-refractivity contribution < 1.29 is 34.6 Å². The molecule has 0 radical (unpaired) electrons. The molecular formula is C8H16O7. The van der Waals surface area contributed by atoms with Crippen LogP contribution in [0.3, 0.4) is 0 Å². The molecule has 7 heteroatoms. The number of ether oxygens (including phenoxy) is 3. The Hall–Kier alpha value is -0.280. The second-order valence-corrected chi connectivity index (χ2v) is 3.27. The molecule has 0 spiro atoms. The van der Waals surface area contributed by atoms with Gasteiger partial charge in [-0.25, -0.2) is 0 Å². The summed E-state index contributed by atoms with van der Waals surface area (Å²) in [6, 6.07) is 0. The summed E-state index contributed by atoms with van der Waals surface area (Å²) in [6.45, 7) is -0.856. The fourth-order valence-electron chi connectivity index (χ4n) is 0.819. The van der Waals surface area contributed by atoms with Gasteiger partial charge >= 0.3 is 5.97 Å². The van der Waals surface area contributed by atoms with E-state index in [2.05, 4.69) is 0 Å². The fourth-order valence-corrected chi connectivity index (χ4v) is 0.819. The minimum Gasteiger partial charge on any atom is -0.394 e. The first-order valence-electron chi connectivity index (χ1n) is 4.61. The van der Waals surface area contributed by atoms with Crippen LogP contribution in [0.2, 0.25) is 0 Å². The van der Waals surface area contributed by atoms with Crippen molar-refractivity contribution in [2.24, 2.45) is 0 Å². The Kier molecular flexibility index (Phi) is 4.87. The Balaban J connectivity index is 2.16. The van der Waals surface area contributed by atoms with E-state index in [4.69, 9.17) is 34.6 Å². The molecule has 7 nitrogen and oxygen atoms in total. The van der Waals surface area contributed by atoms with Gasteiger partial charge in [0.05, 0.1) is 26.4 Å². The monoisotopic (exact) mass is 224 g/mol. The Morgan fingerprint density at radius 1 is 1.07 bits per heavy atom. The Morgan fingerprint density at radius 3 is 1.73 bits per heavy atom. The van der Waals surface area contributed by atoms with Gasteiger partial charge in [-0.05, 0) is 0 Å². The van der Waals surface area contributed by atoms with Crippen molar-refractivity contribution in [3.63, 3.8) is 0 Å². The summed E-state index contributed by atoms with van der Waals surface area (Å²) in [5.41, 5.74) is 0. The molecule has 0 aromatic rings. The Morgan fingerprint density at radius 2 is 1.47 bits per heavy atom. The molecule has 1 fully saturated rings. The molecule has 2 unspecified atom stereocenters. The maximum atomic E-state index is 9.00. The van der Waals surface area contributed by atoms with Crippen molar-refractivity contribution in [2.75, 3.05) is 33.0 Å². The maximum Gasteiger partial charge on any atom is 0.308 e. The van der Waals surface area contributed by atoms with E-state index in [9.17, 15) is 0 Å². The van der Waals surface area contributed by atoms with Crippen LogP contribution in [0.5, 0.6) is 0 Å². The van der Waals surface area contributed by atoms with Gasteiger partial charge in [-0.3, -0.25) is 0 Å². The largest absolute Gasteiger partial charge is 0.394 e. The highest BCUT2D eigenvalue weighted by Crippen LogP contribution is 2.30. The summed E-state index contributed by atoms with van der Waals surface area (Å²) in [5, 5.41) is 35.0. The highest BCUT2D eigenvalue weighted by molar-refractivity contribution is 4.72. The molecule has 0 bridgehead atoms. The second-order valence-electron chi connectivity index (χ2n) is 3.27. The van der Waals surface area contributed by atoms with Gasteiger partial charge in [-0.1, -0.05) is 0 Å². The number of aliphatic hydroxyl groups is 4. The lowest BCUT2D eigenvalue weighted by Crippen LogP contribution is -2.32. The van der Waals surface area contributed by atoms with Crippen molar-refractivity contribution in [2.45, 2.75) is 18.2 Å². The molecule has 15 heavy (non-hydrogen) atoms. The molecule has 0 saturated carbocycles. The normalized spacial score (nSPS) is 28.8. The van der Waals surface area contributed by atoms with E-state index < -0.39 is 31.4 Å².